The summed E-state index contributed by atoms with van der Waals surface area (Å²) in [5.74, 6) is 2.26. The van der Waals surface area contributed by atoms with Crippen LogP contribution in [0.4, 0.5) is 13.2 Å². The molecule has 1 aromatic carbocycles. The van der Waals surface area contributed by atoms with E-state index in [0.29, 0.717) is 0 Å². The van der Waals surface area contributed by atoms with Crippen molar-refractivity contribution in [2.45, 2.75) is 6.18 Å². The number of rotatable bonds is 1. The first-order valence-electron chi connectivity index (χ1n) is 5.42. The van der Waals surface area contributed by atoms with E-state index in [1.807, 2.05) is 0 Å². The number of terminal acetylenes is 1. The predicted molar refractivity (Wildman–Crippen MR) is 78.9 cm³/mol. The number of hydrogen-bond donors (Lipinski definition) is 0. The van der Waals surface area contributed by atoms with Crippen LogP contribution in [0.2, 0.25) is 10.0 Å². The average molecular weight is 409 g/mol. The fraction of sp³-hybridized carbons (Fsp3) is 0.0769. The molecule has 9 heteroatoms. The fourth-order valence-corrected chi connectivity index (χ4v) is 2.89. The predicted octanol–water partition coefficient (Wildman–Crippen LogP) is 4.81. The molecule has 0 atom stereocenters. The van der Waals surface area contributed by atoms with Crippen LogP contribution in [0.1, 0.15) is 16.8 Å². The Morgan fingerprint density at radius 3 is 2.18 bits per heavy atom. The number of nitriles is 1. The van der Waals surface area contributed by atoms with Gasteiger partial charge >= 0.3 is 6.18 Å². The fourth-order valence-electron chi connectivity index (χ4n) is 1.68. The van der Waals surface area contributed by atoms with Crippen molar-refractivity contribution in [3.8, 4) is 24.1 Å². The quantitative estimate of drug-likeness (QED) is 0.635. The molecule has 22 heavy (non-hydrogen) atoms. The van der Waals surface area contributed by atoms with E-state index in [0.717, 1.165) is 16.8 Å². The Hall–Kier alpha value is -1.67. The van der Waals surface area contributed by atoms with Crippen molar-refractivity contribution in [1.82, 2.24) is 9.78 Å². The van der Waals surface area contributed by atoms with Crippen LogP contribution >= 0.6 is 39.1 Å². The number of nitrogens with zero attached hydrogens (tertiary/aromatic N) is 3. The Labute approximate surface area is 141 Å². The lowest BCUT2D eigenvalue weighted by Gasteiger charge is -2.12. The molecule has 0 saturated heterocycles. The number of benzene rings is 1. The largest absolute Gasteiger partial charge is 0.416 e. The zero-order chi connectivity index (χ0) is 16.7. The summed E-state index contributed by atoms with van der Waals surface area (Å²) in [5, 5.41) is 12.3. The minimum absolute atomic E-state index is 0.0128. The Bertz CT molecular complexity index is 821. The average Bonchev–Trinajstić information content (AvgIpc) is 2.73. The molecule has 0 saturated carbocycles. The van der Waals surface area contributed by atoms with Gasteiger partial charge in [0.15, 0.2) is 5.69 Å². The van der Waals surface area contributed by atoms with Gasteiger partial charge in [-0.2, -0.15) is 23.5 Å². The third-order valence-corrected chi connectivity index (χ3v) is 3.94. The summed E-state index contributed by atoms with van der Waals surface area (Å²) in [6, 6.07) is 3.22. The van der Waals surface area contributed by atoms with Crippen LogP contribution in [0.5, 0.6) is 0 Å². The van der Waals surface area contributed by atoms with Crippen molar-refractivity contribution < 1.29 is 13.2 Å². The molecule has 0 radical (unpaired) electrons. The highest BCUT2D eigenvalue weighted by molar-refractivity contribution is 9.10. The summed E-state index contributed by atoms with van der Waals surface area (Å²) >= 11 is 14.9. The van der Waals surface area contributed by atoms with Crippen LogP contribution in [0, 0.1) is 23.7 Å². The van der Waals surface area contributed by atoms with E-state index in [2.05, 4.69) is 26.9 Å². The molecule has 1 aromatic heterocycles. The van der Waals surface area contributed by atoms with Crippen molar-refractivity contribution in [2.24, 2.45) is 0 Å². The number of halogens is 6. The first-order chi connectivity index (χ1) is 10.2. The molecule has 2 aromatic rings. The van der Waals surface area contributed by atoms with Gasteiger partial charge in [0.05, 0.1) is 21.2 Å². The molecule has 2 rings (SSSR count). The Morgan fingerprint density at radius 1 is 1.27 bits per heavy atom. The van der Waals surface area contributed by atoms with Gasteiger partial charge in [0.2, 0.25) is 0 Å². The third-order valence-electron chi connectivity index (χ3n) is 2.64. The van der Waals surface area contributed by atoms with Gasteiger partial charge in [-0.15, -0.1) is 6.42 Å². The van der Waals surface area contributed by atoms with E-state index < -0.39 is 11.7 Å². The molecule has 0 bridgehead atoms. The zero-order valence-electron chi connectivity index (χ0n) is 10.3. The summed E-state index contributed by atoms with van der Waals surface area (Å²) < 4.78 is 39.4. The molecule has 0 unspecified atom stereocenters. The van der Waals surface area contributed by atoms with Crippen molar-refractivity contribution in [3.05, 3.63) is 43.6 Å². The second-order valence-electron chi connectivity index (χ2n) is 3.97. The molecule has 0 amide bonds. The van der Waals surface area contributed by atoms with E-state index in [9.17, 15) is 13.2 Å². The lowest BCUT2D eigenvalue weighted by molar-refractivity contribution is -0.137. The van der Waals surface area contributed by atoms with Crippen LogP contribution in [0.3, 0.4) is 0 Å². The van der Waals surface area contributed by atoms with E-state index in [-0.39, 0.29) is 31.6 Å². The number of alkyl halides is 3. The van der Waals surface area contributed by atoms with Crippen LogP contribution in [-0.2, 0) is 6.18 Å². The number of aromatic nitrogens is 2. The van der Waals surface area contributed by atoms with E-state index in [4.69, 9.17) is 34.9 Å². The summed E-state index contributed by atoms with van der Waals surface area (Å²) in [4.78, 5) is 0. The van der Waals surface area contributed by atoms with Gasteiger partial charge < -0.3 is 0 Å². The molecule has 0 spiro atoms. The highest BCUT2D eigenvalue weighted by Gasteiger charge is 2.32. The summed E-state index contributed by atoms with van der Waals surface area (Å²) in [7, 11) is 0. The minimum Gasteiger partial charge on any atom is -0.221 e. The Morgan fingerprint density at radius 2 is 1.82 bits per heavy atom. The van der Waals surface area contributed by atoms with Gasteiger partial charge in [-0.05, 0) is 28.1 Å². The Balaban J connectivity index is 2.73. The SMILES string of the molecule is C#Cc1c(C#N)nn(-c2c(Cl)cc(C(F)(F)F)cc2Cl)c1Br. The smallest absolute Gasteiger partial charge is 0.221 e. The van der Waals surface area contributed by atoms with E-state index in [1.165, 1.54) is 0 Å². The third kappa shape index (κ3) is 2.80. The molecular formula is C13H3BrCl2F3N3. The van der Waals surface area contributed by atoms with Crippen LogP contribution in [-0.4, -0.2) is 9.78 Å². The maximum Gasteiger partial charge on any atom is 0.416 e. The highest BCUT2D eigenvalue weighted by atomic mass is 79.9. The van der Waals surface area contributed by atoms with E-state index >= 15 is 0 Å². The van der Waals surface area contributed by atoms with E-state index in [1.54, 1.807) is 6.07 Å². The van der Waals surface area contributed by atoms with Crippen molar-refractivity contribution >= 4 is 39.1 Å². The second-order valence-corrected chi connectivity index (χ2v) is 5.53. The van der Waals surface area contributed by atoms with Gasteiger partial charge in [-0.25, -0.2) is 4.68 Å². The van der Waals surface area contributed by atoms with Gasteiger partial charge in [-0.1, -0.05) is 29.1 Å². The van der Waals surface area contributed by atoms with Gasteiger partial charge in [0, 0.05) is 0 Å². The minimum atomic E-state index is -4.59. The zero-order valence-corrected chi connectivity index (χ0v) is 13.4. The topological polar surface area (TPSA) is 41.6 Å². The maximum absolute atomic E-state index is 12.7. The summed E-state index contributed by atoms with van der Waals surface area (Å²) in [6.07, 6.45) is 0.688. The second kappa shape index (κ2) is 5.85. The maximum atomic E-state index is 12.7. The monoisotopic (exact) mass is 407 g/mol. The molecule has 0 aliphatic heterocycles. The molecule has 112 valence electrons. The van der Waals surface area contributed by atoms with Gasteiger partial charge in [-0.3, -0.25) is 0 Å². The molecule has 0 fully saturated rings. The molecule has 0 aliphatic rings. The summed E-state index contributed by atoms with van der Waals surface area (Å²) in [5.41, 5.74) is -0.940. The Kier molecular flexibility index (Phi) is 4.44. The summed E-state index contributed by atoms with van der Waals surface area (Å²) in [6.45, 7) is 0. The van der Waals surface area contributed by atoms with Crippen molar-refractivity contribution in [3.63, 3.8) is 0 Å². The van der Waals surface area contributed by atoms with Crippen LogP contribution in [0.25, 0.3) is 5.69 Å². The highest BCUT2D eigenvalue weighted by Crippen LogP contribution is 2.38. The molecule has 0 aliphatic carbocycles. The van der Waals surface area contributed by atoms with Crippen molar-refractivity contribution in [1.29, 1.82) is 5.26 Å². The lowest BCUT2D eigenvalue weighted by atomic mass is 10.2. The lowest BCUT2D eigenvalue weighted by Crippen LogP contribution is -2.07. The normalized spacial score (nSPS) is 11.1. The standard InChI is InChI=1S/C13H3BrCl2F3N3/c1-2-7-10(5-20)21-22(12(7)14)11-8(15)3-6(4-9(11)16)13(17,18)19/h1,3-4H. The van der Waals surface area contributed by atoms with Crippen molar-refractivity contribution in [2.75, 3.05) is 0 Å². The first kappa shape index (κ1) is 16.7. The van der Waals surface area contributed by atoms with Gasteiger partial charge in [0.1, 0.15) is 16.4 Å². The molecule has 1 heterocycles. The van der Waals surface area contributed by atoms with Crippen LogP contribution < -0.4 is 0 Å². The number of hydrogen-bond acceptors (Lipinski definition) is 2. The van der Waals surface area contributed by atoms with Gasteiger partial charge in [0.25, 0.3) is 0 Å². The molecule has 0 N–H and O–H groups in total. The van der Waals surface area contributed by atoms with Crippen LogP contribution in [0.15, 0.2) is 16.7 Å². The molecular weight excluding hydrogens is 406 g/mol. The first-order valence-corrected chi connectivity index (χ1v) is 6.97. The molecule has 3 nitrogen and oxygen atoms in total.